The second-order valence-electron chi connectivity index (χ2n) is 5.88. The van der Waals surface area contributed by atoms with E-state index in [0.29, 0.717) is 12.0 Å². The molecule has 0 bridgehead atoms. The third-order valence-corrected chi connectivity index (χ3v) is 4.71. The number of ether oxygens (including phenoxy) is 2. The molecule has 3 atom stereocenters. The minimum absolute atomic E-state index is 0.203. The zero-order valence-electron chi connectivity index (χ0n) is 11.7. The van der Waals surface area contributed by atoms with E-state index in [2.05, 4.69) is 13.0 Å². The van der Waals surface area contributed by atoms with Gasteiger partial charge in [0, 0.05) is 25.9 Å². The topological polar surface area (TPSA) is 35.5 Å². The van der Waals surface area contributed by atoms with Gasteiger partial charge in [-0.05, 0) is 31.3 Å². The molecule has 3 heteroatoms. The highest BCUT2D eigenvalue weighted by molar-refractivity contribution is 5.67. The Hall–Kier alpha value is -0.830. The van der Waals surface area contributed by atoms with Crippen LogP contribution in [0.1, 0.15) is 52.4 Å². The molecule has 0 heterocycles. The highest BCUT2D eigenvalue weighted by Gasteiger charge is 2.44. The Labute approximate surface area is 110 Å². The second-order valence-corrected chi connectivity index (χ2v) is 5.88. The van der Waals surface area contributed by atoms with Crippen molar-refractivity contribution in [3.8, 4) is 0 Å². The van der Waals surface area contributed by atoms with Crippen molar-refractivity contribution in [1.82, 2.24) is 0 Å². The molecule has 2 aliphatic rings. The van der Waals surface area contributed by atoms with Crippen LogP contribution in [0.2, 0.25) is 0 Å². The zero-order chi connectivity index (χ0) is 13.2. The monoisotopic (exact) mass is 252 g/mol. The molecule has 18 heavy (non-hydrogen) atoms. The van der Waals surface area contributed by atoms with Crippen LogP contribution in [-0.2, 0) is 14.3 Å². The van der Waals surface area contributed by atoms with Gasteiger partial charge in [-0.25, -0.2) is 0 Å². The molecule has 0 unspecified atom stereocenters. The lowest BCUT2D eigenvalue weighted by molar-refractivity contribution is -0.138. The molecular weight excluding hydrogens is 228 g/mol. The van der Waals surface area contributed by atoms with Crippen molar-refractivity contribution < 1.29 is 14.3 Å². The van der Waals surface area contributed by atoms with E-state index in [-0.39, 0.29) is 11.4 Å². The van der Waals surface area contributed by atoms with E-state index < -0.39 is 0 Å². The second kappa shape index (κ2) is 5.43. The molecule has 2 aliphatic carbocycles. The summed E-state index contributed by atoms with van der Waals surface area (Å²) in [5.74, 6) is 1.23. The lowest BCUT2D eigenvalue weighted by atomic mass is 9.65. The maximum Gasteiger partial charge on any atom is 0.307 e. The molecule has 3 nitrogen and oxygen atoms in total. The summed E-state index contributed by atoms with van der Waals surface area (Å²) in [6.45, 7) is 3.80. The summed E-state index contributed by atoms with van der Waals surface area (Å²) in [5, 5.41) is 0. The van der Waals surface area contributed by atoms with E-state index in [9.17, 15) is 4.79 Å². The maximum absolute atomic E-state index is 11.1. The van der Waals surface area contributed by atoms with Gasteiger partial charge in [-0.2, -0.15) is 0 Å². The van der Waals surface area contributed by atoms with Gasteiger partial charge in [0.25, 0.3) is 0 Å². The van der Waals surface area contributed by atoms with Gasteiger partial charge in [0.15, 0.2) is 0 Å². The Morgan fingerprint density at radius 1 is 1.39 bits per heavy atom. The van der Waals surface area contributed by atoms with Crippen LogP contribution in [0.3, 0.4) is 0 Å². The van der Waals surface area contributed by atoms with E-state index >= 15 is 0 Å². The smallest absolute Gasteiger partial charge is 0.307 e. The molecule has 2 rings (SSSR count). The van der Waals surface area contributed by atoms with Crippen LogP contribution in [0.15, 0.2) is 11.8 Å². The summed E-state index contributed by atoms with van der Waals surface area (Å²) in [4.78, 5) is 11.1. The highest BCUT2D eigenvalue weighted by Crippen LogP contribution is 2.49. The Kier molecular flexibility index (Phi) is 4.10. The van der Waals surface area contributed by atoms with Gasteiger partial charge in [-0.15, -0.1) is 0 Å². The van der Waals surface area contributed by atoms with Crippen LogP contribution in [0.5, 0.6) is 0 Å². The van der Waals surface area contributed by atoms with Crippen molar-refractivity contribution in [3.63, 3.8) is 0 Å². The van der Waals surface area contributed by atoms with Gasteiger partial charge in [0.1, 0.15) is 5.76 Å². The number of esters is 1. The summed E-state index contributed by atoms with van der Waals surface area (Å²) in [6.07, 6.45) is 9.14. The Bertz CT molecular complexity index is 348. The molecule has 0 aliphatic heterocycles. The predicted molar refractivity (Wildman–Crippen MR) is 69.9 cm³/mol. The fourth-order valence-corrected chi connectivity index (χ4v) is 3.59. The lowest BCUT2D eigenvalue weighted by Gasteiger charge is -2.44. The Morgan fingerprint density at radius 3 is 2.78 bits per heavy atom. The predicted octanol–water partition coefficient (Wildman–Crippen LogP) is 3.44. The number of allylic oxidation sites excluding steroid dienone is 2. The lowest BCUT2D eigenvalue weighted by Crippen LogP contribution is -2.41. The number of hydrogen-bond acceptors (Lipinski definition) is 3. The van der Waals surface area contributed by atoms with E-state index in [1.165, 1.54) is 26.2 Å². The van der Waals surface area contributed by atoms with Crippen LogP contribution in [0.4, 0.5) is 0 Å². The fourth-order valence-electron chi connectivity index (χ4n) is 3.59. The SMILES string of the molecule is CO[C@@H]1CCCC[C@@H]2CC(OC(C)=O)=CC[C@@]21C. The average Bonchev–Trinajstić information content (AvgIpc) is 2.47. The molecular formula is C15H24O3. The fraction of sp³-hybridized carbons (Fsp3) is 0.800. The molecule has 1 fully saturated rings. The third-order valence-electron chi connectivity index (χ3n) is 4.71. The van der Waals surface area contributed by atoms with Crippen molar-refractivity contribution in [1.29, 1.82) is 0 Å². The van der Waals surface area contributed by atoms with Gasteiger partial charge in [-0.1, -0.05) is 19.8 Å². The zero-order valence-corrected chi connectivity index (χ0v) is 11.7. The largest absolute Gasteiger partial charge is 0.432 e. The van der Waals surface area contributed by atoms with Gasteiger partial charge < -0.3 is 9.47 Å². The molecule has 0 aromatic carbocycles. The van der Waals surface area contributed by atoms with Gasteiger partial charge >= 0.3 is 5.97 Å². The number of rotatable bonds is 2. The Morgan fingerprint density at radius 2 is 2.11 bits per heavy atom. The summed E-state index contributed by atoms with van der Waals surface area (Å²) in [7, 11) is 1.82. The molecule has 102 valence electrons. The highest BCUT2D eigenvalue weighted by atomic mass is 16.5. The maximum atomic E-state index is 11.1. The van der Waals surface area contributed by atoms with Crippen LogP contribution in [-0.4, -0.2) is 19.2 Å². The van der Waals surface area contributed by atoms with Crippen molar-refractivity contribution in [3.05, 3.63) is 11.8 Å². The molecule has 0 spiro atoms. The number of fused-ring (bicyclic) bond motifs is 1. The van der Waals surface area contributed by atoms with E-state index in [0.717, 1.165) is 25.0 Å². The number of carbonyl (C=O) groups excluding carboxylic acids is 1. The first-order valence-electron chi connectivity index (χ1n) is 6.96. The first-order chi connectivity index (χ1) is 8.56. The van der Waals surface area contributed by atoms with Gasteiger partial charge in [-0.3, -0.25) is 4.79 Å². The molecule has 0 radical (unpaired) electrons. The quantitative estimate of drug-likeness (QED) is 0.706. The van der Waals surface area contributed by atoms with Gasteiger partial charge in [0.2, 0.25) is 0 Å². The average molecular weight is 252 g/mol. The van der Waals surface area contributed by atoms with E-state index in [4.69, 9.17) is 9.47 Å². The molecule has 0 N–H and O–H groups in total. The Balaban J connectivity index is 2.17. The number of carbonyl (C=O) groups is 1. The van der Waals surface area contributed by atoms with Crippen LogP contribution >= 0.6 is 0 Å². The van der Waals surface area contributed by atoms with E-state index in [1.54, 1.807) is 0 Å². The summed E-state index contributed by atoms with van der Waals surface area (Å²) in [5.41, 5.74) is 0.203. The summed E-state index contributed by atoms with van der Waals surface area (Å²) < 4.78 is 11.0. The van der Waals surface area contributed by atoms with Gasteiger partial charge in [0.05, 0.1) is 6.10 Å². The third kappa shape index (κ3) is 2.61. The number of methoxy groups -OCH3 is 1. The molecule has 0 aromatic heterocycles. The molecule has 0 amide bonds. The van der Waals surface area contributed by atoms with Crippen molar-refractivity contribution >= 4 is 5.97 Å². The number of hydrogen-bond donors (Lipinski definition) is 0. The van der Waals surface area contributed by atoms with Crippen molar-refractivity contribution in [2.45, 2.75) is 58.5 Å². The normalized spacial score (nSPS) is 36.3. The molecule has 0 saturated heterocycles. The van der Waals surface area contributed by atoms with Crippen molar-refractivity contribution in [2.24, 2.45) is 11.3 Å². The minimum Gasteiger partial charge on any atom is -0.432 e. The van der Waals surface area contributed by atoms with E-state index in [1.807, 2.05) is 7.11 Å². The summed E-state index contributed by atoms with van der Waals surface area (Å²) in [6, 6.07) is 0. The first-order valence-corrected chi connectivity index (χ1v) is 6.96. The van der Waals surface area contributed by atoms with Crippen LogP contribution in [0, 0.1) is 11.3 Å². The molecule has 1 saturated carbocycles. The minimum atomic E-state index is -0.207. The first kappa shape index (κ1) is 13.6. The van der Waals surface area contributed by atoms with Crippen molar-refractivity contribution in [2.75, 3.05) is 7.11 Å². The summed E-state index contributed by atoms with van der Waals surface area (Å²) >= 11 is 0. The molecule has 0 aromatic rings. The standard InChI is InChI=1S/C15H24O3/c1-11(16)18-13-8-9-15(2)12(10-13)6-4-5-7-14(15)17-3/h8,12,14H,4-7,9-10H2,1-3H3/t12-,14-,15+/m1/s1. The van der Waals surface area contributed by atoms with Crippen LogP contribution in [0.25, 0.3) is 0 Å². The van der Waals surface area contributed by atoms with Crippen LogP contribution < -0.4 is 0 Å².